The average Bonchev–Trinajstić information content (AvgIpc) is 3.04. The molecule has 0 atom stereocenters. The van der Waals surface area contributed by atoms with Crippen LogP contribution in [0, 0.1) is 5.92 Å². The number of carbonyl (C=O) groups excluding carboxylic acids is 1. The van der Waals surface area contributed by atoms with E-state index in [-0.39, 0.29) is 12.6 Å². The molecule has 0 amide bonds. The molecule has 0 fully saturated rings. The van der Waals surface area contributed by atoms with Gasteiger partial charge in [0, 0.05) is 13.0 Å². The third kappa shape index (κ3) is 34.5. The van der Waals surface area contributed by atoms with Crippen LogP contribution in [0.4, 0.5) is 0 Å². The highest BCUT2D eigenvalue weighted by Crippen LogP contribution is 2.25. The maximum absolute atomic E-state index is 11.8. The van der Waals surface area contributed by atoms with Crippen molar-refractivity contribution in [2.75, 3.05) is 32.8 Å². The SMILES string of the molecule is CCCCCCCCC(CCCCCCCC)CCCCCCCN(CCO)CCCCCCCCC(=O)OCCCCCC. The lowest BCUT2D eigenvalue weighted by atomic mass is 9.89. The zero-order chi connectivity index (χ0) is 32.9. The Balaban J connectivity index is 3.90. The minimum Gasteiger partial charge on any atom is -0.466 e. The minimum atomic E-state index is -0.0117. The van der Waals surface area contributed by atoms with Crippen molar-refractivity contribution in [3.8, 4) is 0 Å². The minimum absolute atomic E-state index is 0.0117. The number of aliphatic hydroxyl groups is 1. The molecule has 0 aromatic rings. The summed E-state index contributed by atoms with van der Waals surface area (Å²) in [7, 11) is 0. The van der Waals surface area contributed by atoms with Gasteiger partial charge in [-0.2, -0.15) is 0 Å². The molecule has 4 heteroatoms. The summed E-state index contributed by atoms with van der Waals surface area (Å²) in [6.07, 6.45) is 40.6. The Hall–Kier alpha value is -0.610. The van der Waals surface area contributed by atoms with Crippen LogP contribution in [-0.2, 0) is 9.53 Å². The van der Waals surface area contributed by atoms with Crippen LogP contribution in [0.3, 0.4) is 0 Å². The van der Waals surface area contributed by atoms with Crippen LogP contribution >= 0.6 is 0 Å². The maximum atomic E-state index is 11.8. The molecule has 0 aliphatic heterocycles. The molecule has 0 aromatic carbocycles. The van der Waals surface area contributed by atoms with Crippen molar-refractivity contribution in [1.29, 1.82) is 0 Å². The molecule has 0 unspecified atom stereocenters. The summed E-state index contributed by atoms with van der Waals surface area (Å²) in [6, 6.07) is 0. The molecule has 0 saturated heterocycles. The van der Waals surface area contributed by atoms with E-state index in [0.717, 1.165) is 44.8 Å². The van der Waals surface area contributed by atoms with E-state index in [2.05, 4.69) is 25.7 Å². The van der Waals surface area contributed by atoms with Crippen LogP contribution in [0.15, 0.2) is 0 Å². The van der Waals surface area contributed by atoms with Gasteiger partial charge in [-0.25, -0.2) is 0 Å². The topological polar surface area (TPSA) is 49.8 Å². The molecule has 0 aliphatic carbocycles. The van der Waals surface area contributed by atoms with Gasteiger partial charge in [0.25, 0.3) is 0 Å². The van der Waals surface area contributed by atoms with Gasteiger partial charge in [0.05, 0.1) is 13.2 Å². The van der Waals surface area contributed by atoms with Crippen LogP contribution in [-0.4, -0.2) is 48.8 Å². The molecule has 0 heterocycles. The number of ether oxygens (including phenoxy) is 1. The van der Waals surface area contributed by atoms with E-state index >= 15 is 0 Å². The molecule has 0 rings (SSSR count). The zero-order valence-electron chi connectivity index (χ0n) is 31.2. The Morgan fingerprint density at radius 2 is 0.867 bits per heavy atom. The second-order valence-corrected chi connectivity index (χ2v) is 14.3. The van der Waals surface area contributed by atoms with Gasteiger partial charge in [0.2, 0.25) is 0 Å². The molecule has 0 saturated carbocycles. The number of nitrogens with zero attached hydrogens (tertiary/aromatic N) is 1. The number of hydrogen-bond donors (Lipinski definition) is 1. The van der Waals surface area contributed by atoms with Gasteiger partial charge < -0.3 is 14.7 Å². The van der Waals surface area contributed by atoms with Gasteiger partial charge in [0.15, 0.2) is 0 Å². The summed E-state index contributed by atoms with van der Waals surface area (Å²) >= 11 is 0. The van der Waals surface area contributed by atoms with Crippen molar-refractivity contribution in [3.05, 3.63) is 0 Å². The molecule has 0 spiro atoms. The lowest BCUT2D eigenvalue weighted by Crippen LogP contribution is -2.29. The van der Waals surface area contributed by atoms with Crippen LogP contribution in [0.2, 0.25) is 0 Å². The van der Waals surface area contributed by atoms with E-state index in [9.17, 15) is 9.90 Å². The Morgan fingerprint density at radius 3 is 1.31 bits per heavy atom. The van der Waals surface area contributed by atoms with E-state index in [4.69, 9.17) is 4.74 Å². The highest BCUT2D eigenvalue weighted by Gasteiger charge is 2.09. The monoisotopic (exact) mass is 638 g/mol. The number of esters is 1. The molecule has 0 radical (unpaired) electrons. The summed E-state index contributed by atoms with van der Waals surface area (Å²) in [5, 5.41) is 9.55. The third-order valence-corrected chi connectivity index (χ3v) is 9.80. The highest BCUT2D eigenvalue weighted by molar-refractivity contribution is 5.69. The van der Waals surface area contributed by atoms with E-state index in [0.29, 0.717) is 13.0 Å². The average molecular weight is 638 g/mol. The summed E-state index contributed by atoms with van der Waals surface area (Å²) in [4.78, 5) is 14.3. The van der Waals surface area contributed by atoms with Gasteiger partial charge in [-0.3, -0.25) is 4.79 Å². The lowest BCUT2D eigenvalue weighted by Gasteiger charge is -2.21. The molecule has 0 aliphatic rings. The number of aliphatic hydroxyl groups excluding tert-OH is 1. The van der Waals surface area contributed by atoms with E-state index < -0.39 is 0 Å². The van der Waals surface area contributed by atoms with Crippen molar-refractivity contribution in [3.63, 3.8) is 0 Å². The molecule has 270 valence electrons. The molecule has 1 N–H and O–H groups in total. The van der Waals surface area contributed by atoms with Crippen molar-refractivity contribution >= 4 is 5.97 Å². The predicted molar refractivity (Wildman–Crippen MR) is 198 cm³/mol. The van der Waals surface area contributed by atoms with Crippen molar-refractivity contribution in [1.82, 2.24) is 4.90 Å². The van der Waals surface area contributed by atoms with E-state index in [1.165, 1.54) is 173 Å². The second-order valence-electron chi connectivity index (χ2n) is 14.3. The summed E-state index contributed by atoms with van der Waals surface area (Å²) in [5.41, 5.74) is 0. The number of rotatable bonds is 38. The fourth-order valence-electron chi connectivity index (χ4n) is 6.73. The summed E-state index contributed by atoms with van der Waals surface area (Å²) in [5.74, 6) is 0.964. The summed E-state index contributed by atoms with van der Waals surface area (Å²) in [6.45, 7) is 10.8. The molecule has 4 nitrogen and oxygen atoms in total. The summed E-state index contributed by atoms with van der Waals surface area (Å²) < 4.78 is 5.34. The van der Waals surface area contributed by atoms with Crippen molar-refractivity contribution in [2.45, 2.75) is 220 Å². The molecular formula is C41H83NO3. The first-order chi connectivity index (χ1) is 22.2. The fourth-order valence-corrected chi connectivity index (χ4v) is 6.73. The number of unbranched alkanes of at least 4 members (excludes halogenated alkanes) is 22. The highest BCUT2D eigenvalue weighted by atomic mass is 16.5. The van der Waals surface area contributed by atoms with Gasteiger partial charge in [-0.1, -0.05) is 188 Å². The second kappa shape index (κ2) is 37.8. The van der Waals surface area contributed by atoms with Crippen LogP contribution in [0.25, 0.3) is 0 Å². The molecular weight excluding hydrogens is 554 g/mol. The molecule has 45 heavy (non-hydrogen) atoms. The van der Waals surface area contributed by atoms with Crippen LogP contribution in [0.1, 0.15) is 220 Å². The standard InChI is InChI=1S/C41H83NO3/c1-4-7-10-13-18-24-31-40(32-25-19-14-11-8-5-2)33-26-20-17-23-29-36-42(37-38-43)35-28-22-16-15-21-27-34-41(44)45-39-30-12-9-6-3/h40,43H,4-39H2,1-3H3. The number of carbonyl (C=O) groups is 1. The number of hydrogen-bond acceptors (Lipinski definition) is 4. The van der Waals surface area contributed by atoms with Crippen molar-refractivity contribution < 1.29 is 14.6 Å². The van der Waals surface area contributed by atoms with E-state index in [1.54, 1.807) is 0 Å². The van der Waals surface area contributed by atoms with Gasteiger partial charge in [0.1, 0.15) is 0 Å². The van der Waals surface area contributed by atoms with Crippen LogP contribution < -0.4 is 0 Å². The Bertz CT molecular complexity index is 553. The predicted octanol–water partition coefficient (Wildman–Crippen LogP) is 12.6. The Labute approximate surface area is 283 Å². The lowest BCUT2D eigenvalue weighted by molar-refractivity contribution is -0.143. The van der Waals surface area contributed by atoms with E-state index in [1.807, 2.05) is 0 Å². The Morgan fingerprint density at radius 1 is 0.489 bits per heavy atom. The first-order valence-corrected chi connectivity index (χ1v) is 20.7. The van der Waals surface area contributed by atoms with Gasteiger partial charge >= 0.3 is 5.97 Å². The van der Waals surface area contributed by atoms with Crippen LogP contribution in [0.5, 0.6) is 0 Å². The molecule has 0 aromatic heterocycles. The smallest absolute Gasteiger partial charge is 0.305 e. The molecule has 0 bridgehead atoms. The van der Waals surface area contributed by atoms with Gasteiger partial charge in [-0.05, 0) is 44.7 Å². The van der Waals surface area contributed by atoms with Gasteiger partial charge in [-0.15, -0.1) is 0 Å². The van der Waals surface area contributed by atoms with Crippen molar-refractivity contribution in [2.24, 2.45) is 5.92 Å². The normalized spacial score (nSPS) is 11.7. The first-order valence-electron chi connectivity index (χ1n) is 20.7. The fraction of sp³-hybridized carbons (Fsp3) is 0.976. The largest absolute Gasteiger partial charge is 0.466 e. The Kier molecular flexibility index (Phi) is 37.3. The quantitative estimate of drug-likeness (QED) is 0.0540. The zero-order valence-corrected chi connectivity index (χ0v) is 31.2. The maximum Gasteiger partial charge on any atom is 0.305 e. The third-order valence-electron chi connectivity index (χ3n) is 9.80. The first kappa shape index (κ1) is 44.4.